The number of aromatic carboxylic acids is 1. The van der Waals surface area contributed by atoms with Gasteiger partial charge in [0.1, 0.15) is 6.04 Å². The van der Waals surface area contributed by atoms with Gasteiger partial charge in [0.2, 0.25) is 5.91 Å². The number of anilines is 2. The van der Waals surface area contributed by atoms with Gasteiger partial charge in [0.15, 0.2) is 0 Å². The molecule has 2 aromatic carbocycles. The summed E-state index contributed by atoms with van der Waals surface area (Å²) in [7, 11) is 0. The SMILES string of the molecule is Cc1ccccc1N1C(=O)C[C@@H](Nc2ccc(C(=O)[O-])cc2)C1=O. The number of carbonyl (C=O) groups is 3. The van der Waals surface area contributed by atoms with Crippen molar-refractivity contribution in [2.75, 3.05) is 10.2 Å². The molecule has 0 saturated carbocycles. The number of para-hydroxylation sites is 1. The van der Waals surface area contributed by atoms with Crippen LogP contribution in [0.25, 0.3) is 0 Å². The number of aryl methyl sites for hydroxylation is 1. The Bertz CT molecular complexity index is 814. The summed E-state index contributed by atoms with van der Waals surface area (Å²) in [5.74, 6) is -1.85. The molecular weight excluding hydrogens is 308 g/mol. The average molecular weight is 323 g/mol. The largest absolute Gasteiger partial charge is 0.545 e. The summed E-state index contributed by atoms with van der Waals surface area (Å²) in [4.78, 5) is 36.8. The fourth-order valence-corrected chi connectivity index (χ4v) is 2.72. The molecule has 2 amide bonds. The topological polar surface area (TPSA) is 89.5 Å². The summed E-state index contributed by atoms with van der Waals surface area (Å²) in [5.41, 5.74) is 2.05. The minimum atomic E-state index is -1.26. The van der Waals surface area contributed by atoms with Crippen LogP contribution in [-0.4, -0.2) is 23.8 Å². The van der Waals surface area contributed by atoms with Crippen LogP contribution in [0.2, 0.25) is 0 Å². The lowest BCUT2D eigenvalue weighted by Gasteiger charge is -2.18. The number of carbonyl (C=O) groups excluding carboxylic acids is 3. The third kappa shape index (κ3) is 2.86. The van der Waals surface area contributed by atoms with E-state index in [1.54, 1.807) is 24.3 Å². The van der Waals surface area contributed by atoms with Crippen molar-refractivity contribution in [2.45, 2.75) is 19.4 Å². The van der Waals surface area contributed by atoms with Gasteiger partial charge in [-0.3, -0.25) is 9.59 Å². The van der Waals surface area contributed by atoms with Gasteiger partial charge >= 0.3 is 0 Å². The Morgan fingerprint density at radius 2 is 1.79 bits per heavy atom. The molecule has 1 aliphatic rings. The molecule has 1 atom stereocenters. The number of hydrogen-bond donors (Lipinski definition) is 1. The molecule has 0 aliphatic carbocycles. The molecule has 2 aromatic rings. The number of carboxylic acids is 1. The quantitative estimate of drug-likeness (QED) is 0.851. The highest BCUT2D eigenvalue weighted by Crippen LogP contribution is 2.27. The fraction of sp³-hybridized carbons (Fsp3) is 0.167. The van der Waals surface area contributed by atoms with Crippen molar-refractivity contribution in [1.29, 1.82) is 0 Å². The van der Waals surface area contributed by atoms with Crippen LogP contribution in [0.4, 0.5) is 11.4 Å². The number of benzene rings is 2. The highest BCUT2D eigenvalue weighted by atomic mass is 16.4. The molecule has 0 aromatic heterocycles. The second-order valence-corrected chi connectivity index (χ2v) is 5.62. The molecule has 6 nitrogen and oxygen atoms in total. The monoisotopic (exact) mass is 323 g/mol. The molecule has 24 heavy (non-hydrogen) atoms. The van der Waals surface area contributed by atoms with Crippen LogP contribution < -0.4 is 15.3 Å². The number of hydrogen-bond acceptors (Lipinski definition) is 5. The first-order chi connectivity index (χ1) is 11.5. The minimum Gasteiger partial charge on any atom is -0.545 e. The Kier molecular flexibility index (Phi) is 4.04. The smallest absolute Gasteiger partial charge is 0.256 e. The van der Waals surface area contributed by atoms with Crippen LogP contribution in [0, 0.1) is 6.92 Å². The molecule has 1 N–H and O–H groups in total. The number of nitrogens with one attached hydrogen (secondary N) is 1. The van der Waals surface area contributed by atoms with Crippen LogP contribution in [-0.2, 0) is 9.59 Å². The Hall–Kier alpha value is -3.15. The predicted octanol–water partition coefficient (Wildman–Crippen LogP) is 1.10. The third-order valence-electron chi connectivity index (χ3n) is 3.96. The van der Waals surface area contributed by atoms with Crippen molar-refractivity contribution in [2.24, 2.45) is 0 Å². The average Bonchev–Trinajstić information content (AvgIpc) is 2.83. The van der Waals surface area contributed by atoms with Gasteiger partial charge in [-0.1, -0.05) is 30.3 Å². The Morgan fingerprint density at radius 1 is 1.12 bits per heavy atom. The number of imide groups is 1. The lowest BCUT2D eigenvalue weighted by atomic mass is 10.1. The van der Waals surface area contributed by atoms with Gasteiger partial charge in [-0.15, -0.1) is 0 Å². The molecule has 0 radical (unpaired) electrons. The van der Waals surface area contributed by atoms with Crippen LogP contribution in [0.1, 0.15) is 22.3 Å². The van der Waals surface area contributed by atoms with Crippen LogP contribution in [0.5, 0.6) is 0 Å². The number of nitrogens with zero attached hydrogens (tertiary/aromatic N) is 1. The second-order valence-electron chi connectivity index (χ2n) is 5.62. The summed E-state index contributed by atoms with van der Waals surface area (Å²) in [6.07, 6.45) is 0.0510. The highest BCUT2D eigenvalue weighted by molar-refractivity contribution is 6.23. The van der Waals surface area contributed by atoms with Crippen molar-refractivity contribution in [3.8, 4) is 0 Å². The summed E-state index contributed by atoms with van der Waals surface area (Å²) in [6, 6.07) is 12.4. The molecule has 0 spiro atoms. The predicted molar refractivity (Wildman–Crippen MR) is 86.5 cm³/mol. The van der Waals surface area contributed by atoms with Crippen molar-refractivity contribution < 1.29 is 19.5 Å². The first kappa shape index (κ1) is 15.7. The molecule has 1 saturated heterocycles. The van der Waals surface area contributed by atoms with Crippen molar-refractivity contribution in [3.05, 3.63) is 59.7 Å². The maximum absolute atomic E-state index is 12.6. The van der Waals surface area contributed by atoms with Crippen LogP contribution in [0.15, 0.2) is 48.5 Å². The van der Waals surface area contributed by atoms with Gasteiger partial charge in [0, 0.05) is 5.69 Å². The van der Waals surface area contributed by atoms with E-state index in [-0.39, 0.29) is 23.8 Å². The summed E-state index contributed by atoms with van der Waals surface area (Å²) in [6.45, 7) is 1.84. The Balaban J connectivity index is 1.79. The number of amides is 2. The molecule has 3 rings (SSSR count). The first-order valence-corrected chi connectivity index (χ1v) is 7.48. The lowest BCUT2D eigenvalue weighted by molar-refractivity contribution is -0.255. The van der Waals surface area contributed by atoms with Crippen LogP contribution in [0.3, 0.4) is 0 Å². The molecule has 1 fully saturated rings. The van der Waals surface area contributed by atoms with E-state index < -0.39 is 12.0 Å². The molecule has 0 unspecified atom stereocenters. The number of carboxylic acid groups (broad SMARTS) is 1. The summed E-state index contributed by atoms with van der Waals surface area (Å²) >= 11 is 0. The van der Waals surface area contributed by atoms with Gasteiger partial charge in [0.05, 0.1) is 18.1 Å². The molecule has 122 valence electrons. The second kappa shape index (κ2) is 6.16. The Morgan fingerprint density at radius 3 is 2.42 bits per heavy atom. The Labute approximate surface area is 138 Å². The molecule has 0 bridgehead atoms. The van der Waals surface area contributed by atoms with Gasteiger partial charge < -0.3 is 15.2 Å². The van der Waals surface area contributed by atoms with Crippen molar-refractivity contribution in [1.82, 2.24) is 0 Å². The van der Waals surface area contributed by atoms with E-state index in [0.29, 0.717) is 11.4 Å². The summed E-state index contributed by atoms with van der Waals surface area (Å²) in [5, 5.41) is 13.7. The zero-order valence-electron chi connectivity index (χ0n) is 13.0. The van der Waals surface area contributed by atoms with Gasteiger partial charge in [-0.25, -0.2) is 4.90 Å². The normalized spacial score (nSPS) is 17.2. The maximum atomic E-state index is 12.6. The standard InChI is InChI=1S/C18H16N2O4/c1-11-4-2-3-5-15(11)20-16(21)10-14(17(20)22)19-13-8-6-12(7-9-13)18(23)24/h2-9,14,19H,10H2,1H3,(H,23,24)/p-1/t14-/m1/s1. The van der Waals surface area contributed by atoms with Gasteiger partial charge in [0.25, 0.3) is 5.91 Å². The van der Waals surface area contributed by atoms with E-state index in [0.717, 1.165) is 5.56 Å². The molecule has 1 heterocycles. The third-order valence-corrected chi connectivity index (χ3v) is 3.96. The molecular formula is C18H15N2O4-. The van der Waals surface area contributed by atoms with E-state index in [1.165, 1.54) is 17.0 Å². The van der Waals surface area contributed by atoms with Gasteiger partial charge in [-0.05, 0) is 36.2 Å². The molecule has 1 aliphatic heterocycles. The summed E-state index contributed by atoms with van der Waals surface area (Å²) < 4.78 is 0. The van der Waals surface area contributed by atoms with E-state index in [1.807, 2.05) is 19.1 Å². The van der Waals surface area contributed by atoms with E-state index >= 15 is 0 Å². The van der Waals surface area contributed by atoms with E-state index in [4.69, 9.17) is 0 Å². The fourth-order valence-electron chi connectivity index (χ4n) is 2.72. The van der Waals surface area contributed by atoms with Crippen LogP contribution >= 0.6 is 0 Å². The maximum Gasteiger partial charge on any atom is 0.256 e. The molecule has 6 heteroatoms. The zero-order valence-corrected chi connectivity index (χ0v) is 13.0. The minimum absolute atomic E-state index is 0.0510. The van der Waals surface area contributed by atoms with E-state index in [9.17, 15) is 19.5 Å². The highest BCUT2D eigenvalue weighted by Gasteiger charge is 2.40. The zero-order chi connectivity index (χ0) is 17.3. The lowest BCUT2D eigenvalue weighted by Crippen LogP contribution is -2.35. The van der Waals surface area contributed by atoms with Crippen molar-refractivity contribution in [3.63, 3.8) is 0 Å². The van der Waals surface area contributed by atoms with Crippen molar-refractivity contribution >= 4 is 29.2 Å². The van der Waals surface area contributed by atoms with E-state index in [2.05, 4.69) is 5.32 Å². The number of rotatable bonds is 4. The first-order valence-electron chi connectivity index (χ1n) is 7.48. The van der Waals surface area contributed by atoms with Gasteiger partial charge in [-0.2, -0.15) is 0 Å².